The van der Waals surface area contributed by atoms with Crippen LogP contribution in [0.25, 0.3) is 0 Å². The van der Waals surface area contributed by atoms with Crippen LogP contribution in [0.5, 0.6) is 0 Å². The molecule has 0 spiro atoms. The molecular formula is C32H53NO21. The number of aliphatic hydroxyl groups is 7. The number of nitrogens with one attached hydrogen (secondary N) is 1. The van der Waals surface area contributed by atoms with Crippen molar-refractivity contribution < 1.29 is 103 Å². The number of hydrogen-bond acceptors (Lipinski definition) is 20. The molecule has 4 aliphatic heterocycles. The maximum Gasteiger partial charge on any atom is 0.335 e. The van der Waals surface area contributed by atoms with E-state index in [1.54, 1.807) is 6.92 Å². The Morgan fingerprint density at radius 1 is 0.667 bits per heavy atom. The third-order valence-electron chi connectivity index (χ3n) is 9.49. The topological polar surface area (TPSA) is 317 Å². The monoisotopic (exact) mass is 787 g/mol. The van der Waals surface area contributed by atoms with Crippen molar-refractivity contribution in [1.29, 1.82) is 0 Å². The van der Waals surface area contributed by atoms with Crippen molar-refractivity contribution >= 4 is 17.8 Å². The van der Waals surface area contributed by atoms with Crippen LogP contribution in [0.2, 0.25) is 0 Å². The number of amides is 1. The molecule has 0 aliphatic carbocycles. The Hall–Kier alpha value is -2.23. The van der Waals surface area contributed by atoms with E-state index in [1.807, 2.05) is 0 Å². The molecular weight excluding hydrogens is 734 g/mol. The minimum atomic E-state index is -1.87. The Morgan fingerprint density at radius 3 is 1.81 bits per heavy atom. The summed E-state index contributed by atoms with van der Waals surface area (Å²) in [6.07, 6.45) is -30.3. The second-order valence-corrected chi connectivity index (χ2v) is 13.5. The molecule has 54 heavy (non-hydrogen) atoms. The molecule has 0 aromatic heterocycles. The average Bonchev–Trinajstić information content (AvgIpc) is 3.11. The molecule has 312 valence electrons. The summed E-state index contributed by atoms with van der Waals surface area (Å²) in [4.78, 5) is 36.8. The summed E-state index contributed by atoms with van der Waals surface area (Å²) < 4.78 is 57.6. The van der Waals surface area contributed by atoms with Gasteiger partial charge in [0, 0.05) is 27.6 Å². The van der Waals surface area contributed by atoms with Crippen LogP contribution in [0.4, 0.5) is 0 Å². The van der Waals surface area contributed by atoms with Crippen LogP contribution in [0.1, 0.15) is 41.0 Å². The Bertz CT molecular complexity index is 1250. The second-order valence-electron chi connectivity index (χ2n) is 13.5. The van der Waals surface area contributed by atoms with Gasteiger partial charge in [-0.25, -0.2) is 4.79 Å². The predicted octanol–water partition coefficient (Wildman–Crippen LogP) is -4.80. The lowest BCUT2D eigenvalue weighted by molar-refractivity contribution is -0.395. The van der Waals surface area contributed by atoms with Crippen LogP contribution in [-0.2, 0) is 61.8 Å². The Kier molecular flexibility index (Phi) is 15.9. The van der Waals surface area contributed by atoms with Crippen LogP contribution in [-0.4, -0.2) is 202 Å². The van der Waals surface area contributed by atoms with Gasteiger partial charge in [-0.15, -0.1) is 0 Å². The van der Waals surface area contributed by atoms with E-state index in [1.165, 1.54) is 21.0 Å². The van der Waals surface area contributed by atoms with Gasteiger partial charge in [0.05, 0.1) is 18.8 Å². The molecule has 4 fully saturated rings. The van der Waals surface area contributed by atoms with Gasteiger partial charge in [-0.1, -0.05) is 6.92 Å². The molecule has 4 saturated heterocycles. The molecule has 9 N–H and O–H groups in total. The zero-order valence-electron chi connectivity index (χ0n) is 30.6. The van der Waals surface area contributed by atoms with E-state index < -0.39 is 147 Å². The number of aliphatic hydroxyl groups excluding tert-OH is 7. The second kappa shape index (κ2) is 19.3. The summed E-state index contributed by atoms with van der Waals surface area (Å²) in [5, 5.41) is 88.0. The molecule has 4 aliphatic rings. The fourth-order valence-corrected chi connectivity index (χ4v) is 6.69. The Balaban J connectivity index is 1.71. The summed E-state index contributed by atoms with van der Waals surface area (Å²) in [6, 6.07) is -1.51. The van der Waals surface area contributed by atoms with Crippen molar-refractivity contribution in [3.05, 3.63) is 0 Å². The quantitative estimate of drug-likeness (QED) is 0.0746. The Labute approximate surface area is 310 Å². The maximum atomic E-state index is 12.4. The fraction of sp³-hybridized carbons (Fsp3) is 0.906. The molecule has 0 saturated carbocycles. The van der Waals surface area contributed by atoms with Gasteiger partial charge in [0.15, 0.2) is 43.5 Å². The van der Waals surface area contributed by atoms with Gasteiger partial charge in [-0.05, 0) is 20.3 Å². The summed E-state index contributed by atoms with van der Waals surface area (Å²) in [6.45, 7) is 5.98. The molecule has 4 rings (SSSR count). The highest BCUT2D eigenvalue weighted by molar-refractivity contribution is 5.74. The van der Waals surface area contributed by atoms with Gasteiger partial charge in [-0.3, -0.25) is 9.59 Å². The first-order valence-corrected chi connectivity index (χ1v) is 17.5. The first kappa shape index (κ1) is 44.5. The van der Waals surface area contributed by atoms with Gasteiger partial charge in [-0.2, -0.15) is 0 Å². The summed E-state index contributed by atoms with van der Waals surface area (Å²) in [7, 11) is 1.18. The third-order valence-corrected chi connectivity index (χ3v) is 9.49. The molecule has 0 unspecified atom stereocenters. The van der Waals surface area contributed by atoms with Gasteiger partial charge in [0.25, 0.3) is 0 Å². The number of hydrogen-bond donors (Lipinski definition) is 9. The third kappa shape index (κ3) is 9.82. The van der Waals surface area contributed by atoms with Crippen LogP contribution < -0.4 is 5.32 Å². The summed E-state index contributed by atoms with van der Waals surface area (Å²) >= 11 is 0. The standard InChI is InChI=1S/C32H53NO21/c1-7-8-46-30-21(42)22(45-6)25(26(53-30)28(43)44)52-31-24(20(41)16(37)10(2)47-31)51-32-27(23(49-13(5)36)17(38)11(3)48-32)54-29-15(33-12(4)35)19(40)18(39)14(9-34)50-29/h10-11,14-27,29-32,34,37-42H,7-9H2,1-6H3,(H,33,35)(H,43,44)/t10-,11-,14+,15+,16-,17-,18-,19+,20+,21+,22+,23+,24+,25+,26-,27+,29-,30+,31-,32-/m0/s1. The van der Waals surface area contributed by atoms with E-state index in [2.05, 4.69) is 5.32 Å². The largest absolute Gasteiger partial charge is 0.479 e. The van der Waals surface area contributed by atoms with Crippen LogP contribution >= 0.6 is 0 Å². The minimum absolute atomic E-state index is 0.114. The number of carbonyl (C=O) groups is 3. The maximum absolute atomic E-state index is 12.4. The zero-order valence-corrected chi connectivity index (χ0v) is 30.6. The predicted molar refractivity (Wildman–Crippen MR) is 172 cm³/mol. The zero-order chi connectivity index (χ0) is 40.2. The molecule has 0 radical (unpaired) electrons. The number of aliphatic carboxylic acids is 1. The van der Waals surface area contributed by atoms with Gasteiger partial charge < -0.3 is 93.5 Å². The molecule has 20 atom stereocenters. The normalized spacial score (nSPS) is 45.7. The van der Waals surface area contributed by atoms with Crippen molar-refractivity contribution in [3.63, 3.8) is 0 Å². The van der Waals surface area contributed by atoms with Crippen LogP contribution in [0.3, 0.4) is 0 Å². The highest BCUT2D eigenvalue weighted by Gasteiger charge is 2.57. The molecule has 0 bridgehead atoms. The van der Waals surface area contributed by atoms with Crippen molar-refractivity contribution in [2.75, 3.05) is 20.3 Å². The van der Waals surface area contributed by atoms with Crippen LogP contribution in [0, 0.1) is 0 Å². The van der Waals surface area contributed by atoms with Crippen molar-refractivity contribution in [3.8, 4) is 0 Å². The average molecular weight is 788 g/mol. The molecule has 22 nitrogen and oxygen atoms in total. The molecule has 1 amide bonds. The molecule has 22 heteroatoms. The summed E-state index contributed by atoms with van der Waals surface area (Å²) in [5.41, 5.74) is 0. The Morgan fingerprint density at radius 2 is 1.26 bits per heavy atom. The van der Waals surface area contributed by atoms with E-state index in [4.69, 9.17) is 47.4 Å². The first-order chi connectivity index (χ1) is 25.4. The van der Waals surface area contributed by atoms with Gasteiger partial charge >= 0.3 is 11.9 Å². The van der Waals surface area contributed by atoms with Crippen molar-refractivity contribution in [2.24, 2.45) is 0 Å². The number of esters is 1. The molecule has 0 aromatic carbocycles. The van der Waals surface area contributed by atoms with Gasteiger partial charge in [0.2, 0.25) is 5.91 Å². The van der Waals surface area contributed by atoms with Crippen molar-refractivity contribution in [2.45, 2.75) is 164 Å². The number of carboxylic acid groups (broad SMARTS) is 1. The number of carboxylic acids is 1. The minimum Gasteiger partial charge on any atom is -0.479 e. The lowest BCUT2D eigenvalue weighted by Gasteiger charge is -2.50. The van der Waals surface area contributed by atoms with Crippen LogP contribution in [0.15, 0.2) is 0 Å². The SMILES string of the molecule is CCCO[C@@H]1O[C@H](C(=O)O)[C@H](O[C@@H]2O[C@@H](C)[C@H](O)[C@@H](O)[C@H]2O[C@@H]2O[C@@H](C)[C@H](O)[C@@H](OC(C)=O)[C@H]2O[C@@H]2O[C@H](CO)[C@H](O)[C@H](O)[C@H]2NC(C)=O)[C@H](OC)[C@H]1O. The smallest absolute Gasteiger partial charge is 0.335 e. The fourth-order valence-electron chi connectivity index (χ4n) is 6.69. The van der Waals surface area contributed by atoms with Crippen molar-refractivity contribution in [1.82, 2.24) is 5.32 Å². The molecule has 4 heterocycles. The molecule has 0 aromatic rings. The summed E-state index contributed by atoms with van der Waals surface area (Å²) in [5.74, 6) is -3.13. The number of ether oxygens (including phenoxy) is 10. The van der Waals surface area contributed by atoms with E-state index >= 15 is 0 Å². The van der Waals surface area contributed by atoms with Gasteiger partial charge in [0.1, 0.15) is 67.1 Å². The van der Waals surface area contributed by atoms with E-state index in [-0.39, 0.29) is 6.61 Å². The number of methoxy groups -OCH3 is 1. The highest BCUT2D eigenvalue weighted by Crippen LogP contribution is 2.36. The number of rotatable bonds is 14. The number of carbonyl (C=O) groups excluding carboxylic acids is 2. The highest BCUT2D eigenvalue weighted by atomic mass is 16.8. The van der Waals surface area contributed by atoms with E-state index in [0.717, 1.165) is 13.8 Å². The first-order valence-electron chi connectivity index (χ1n) is 17.5. The van der Waals surface area contributed by atoms with E-state index in [0.29, 0.717) is 6.42 Å². The lowest BCUT2D eigenvalue weighted by Crippen LogP contribution is -2.69. The lowest BCUT2D eigenvalue weighted by atomic mass is 9.95. The van der Waals surface area contributed by atoms with E-state index in [9.17, 15) is 55.2 Å².